The molecule has 0 spiro atoms. The Morgan fingerprint density at radius 2 is 1.45 bits per heavy atom. The van der Waals surface area contributed by atoms with Crippen molar-refractivity contribution in [3.05, 3.63) is 116 Å². The summed E-state index contributed by atoms with van der Waals surface area (Å²) in [6.07, 6.45) is 11.2. The fourth-order valence-corrected chi connectivity index (χ4v) is 7.27. The second kappa shape index (κ2) is 9.38. The van der Waals surface area contributed by atoms with E-state index in [1.807, 2.05) is 0 Å². The summed E-state index contributed by atoms with van der Waals surface area (Å²) in [5.74, 6) is 0.686. The molecule has 3 aromatic rings. The van der Waals surface area contributed by atoms with E-state index >= 15 is 0 Å². The monoisotopic (exact) mass is 545 g/mol. The molecule has 1 fully saturated rings. The topological polar surface area (TPSA) is 3.24 Å². The van der Waals surface area contributed by atoms with Crippen LogP contribution in [0.1, 0.15) is 59.5 Å². The number of allylic oxidation sites excluding steroid dienone is 1. The molecule has 1 nitrogen and oxygen atoms in total. The zero-order chi connectivity index (χ0) is 22.2. The van der Waals surface area contributed by atoms with E-state index in [1.165, 1.54) is 45.9 Å². The number of halogens is 1. The number of benzene rings is 3. The Morgan fingerprint density at radius 1 is 0.788 bits per heavy atom. The van der Waals surface area contributed by atoms with Crippen molar-refractivity contribution in [2.75, 3.05) is 6.54 Å². The van der Waals surface area contributed by atoms with E-state index in [9.17, 15) is 0 Å². The first-order valence-electron chi connectivity index (χ1n) is 12.6. The third-order valence-corrected chi connectivity index (χ3v) is 9.29. The molecule has 0 amide bonds. The highest BCUT2D eigenvalue weighted by Gasteiger charge is 2.41. The lowest BCUT2D eigenvalue weighted by molar-refractivity contribution is 0.0864. The summed E-state index contributed by atoms with van der Waals surface area (Å²) in [7, 11) is 0. The maximum absolute atomic E-state index is 2.92. The molecule has 168 valence electrons. The minimum absolute atomic E-state index is 0.356. The van der Waals surface area contributed by atoms with Crippen LogP contribution in [0.3, 0.4) is 0 Å². The summed E-state index contributed by atoms with van der Waals surface area (Å²) < 4.78 is 1.41. The van der Waals surface area contributed by atoms with E-state index in [0.717, 1.165) is 25.8 Å². The quantitative estimate of drug-likeness (QED) is 0.243. The SMILES string of the molecule is Ic1ccccc1C[C@@H]1C2CCCC=C2CCN1C1c2ccccc2CCc2ccccc21. The van der Waals surface area contributed by atoms with Gasteiger partial charge in [-0.25, -0.2) is 0 Å². The summed E-state index contributed by atoms with van der Waals surface area (Å²) in [6.45, 7) is 1.16. The van der Waals surface area contributed by atoms with Crippen LogP contribution in [0.4, 0.5) is 0 Å². The van der Waals surface area contributed by atoms with Crippen molar-refractivity contribution in [3.63, 3.8) is 0 Å². The third-order valence-electron chi connectivity index (χ3n) is 8.23. The maximum Gasteiger partial charge on any atom is 0.0610 e. The Morgan fingerprint density at radius 3 is 2.18 bits per heavy atom. The van der Waals surface area contributed by atoms with Crippen LogP contribution in [0.5, 0.6) is 0 Å². The lowest BCUT2D eigenvalue weighted by Gasteiger charge is -2.48. The maximum atomic E-state index is 2.92. The van der Waals surface area contributed by atoms with Crippen LogP contribution < -0.4 is 0 Å². The van der Waals surface area contributed by atoms with E-state index in [-0.39, 0.29) is 0 Å². The summed E-state index contributed by atoms with van der Waals surface area (Å²) in [6, 6.07) is 28.5. The van der Waals surface area contributed by atoms with E-state index in [0.29, 0.717) is 18.0 Å². The fourth-order valence-electron chi connectivity index (χ4n) is 6.66. The summed E-state index contributed by atoms with van der Waals surface area (Å²) in [4.78, 5) is 2.92. The molecular formula is C31H32IN. The van der Waals surface area contributed by atoms with Gasteiger partial charge < -0.3 is 0 Å². The predicted octanol–water partition coefficient (Wildman–Crippen LogP) is 7.52. The first-order chi connectivity index (χ1) is 16.3. The second-order valence-corrected chi connectivity index (χ2v) is 11.1. The molecule has 3 aromatic carbocycles. The molecule has 0 saturated carbocycles. The molecule has 1 unspecified atom stereocenters. The van der Waals surface area contributed by atoms with Crippen LogP contribution in [0.15, 0.2) is 84.4 Å². The molecule has 0 aromatic heterocycles. The van der Waals surface area contributed by atoms with Gasteiger partial charge in [-0.3, -0.25) is 4.90 Å². The number of hydrogen-bond acceptors (Lipinski definition) is 1. The molecule has 2 heteroatoms. The summed E-state index contributed by atoms with van der Waals surface area (Å²) in [5, 5.41) is 0. The first-order valence-corrected chi connectivity index (χ1v) is 13.7. The number of hydrogen-bond donors (Lipinski definition) is 0. The van der Waals surface area contributed by atoms with Gasteiger partial charge in [0.15, 0.2) is 0 Å². The molecule has 0 radical (unpaired) electrons. The minimum Gasteiger partial charge on any atom is -0.288 e. The molecule has 1 heterocycles. The molecule has 0 bridgehead atoms. The smallest absolute Gasteiger partial charge is 0.0610 e. The van der Waals surface area contributed by atoms with Crippen molar-refractivity contribution in [2.24, 2.45) is 5.92 Å². The van der Waals surface area contributed by atoms with Crippen molar-refractivity contribution < 1.29 is 0 Å². The molecule has 1 saturated heterocycles. The molecule has 3 aliphatic rings. The highest BCUT2D eigenvalue weighted by molar-refractivity contribution is 14.1. The van der Waals surface area contributed by atoms with Gasteiger partial charge in [0, 0.05) is 16.2 Å². The average Bonchev–Trinajstić information content (AvgIpc) is 3.03. The number of likely N-dealkylation sites (tertiary alicyclic amines) is 1. The van der Waals surface area contributed by atoms with Crippen LogP contribution in [0.2, 0.25) is 0 Å². The van der Waals surface area contributed by atoms with E-state index in [2.05, 4.69) is 106 Å². The van der Waals surface area contributed by atoms with Gasteiger partial charge in [-0.1, -0.05) is 78.4 Å². The van der Waals surface area contributed by atoms with Gasteiger partial charge in [-0.15, -0.1) is 0 Å². The fraction of sp³-hybridized carbons (Fsp3) is 0.355. The summed E-state index contributed by atoms with van der Waals surface area (Å²) in [5.41, 5.74) is 9.41. The highest BCUT2D eigenvalue weighted by Crippen LogP contribution is 2.45. The van der Waals surface area contributed by atoms with Crippen molar-refractivity contribution >= 4 is 22.6 Å². The molecular weight excluding hydrogens is 513 g/mol. The normalized spacial score (nSPS) is 23.1. The number of fused-ring (bicyclic) bond motifs is 3. The third kappa shape index (κ3) is 4.10. The van der Waals surface area contributed by atoms with Gasteiger partial charge in [-0.05, 0) is 107 Å². The van der Waals surface area contributed by atoms with Gasteiger partial charge in [0.2, 0.25) is 0 Å². The molecule has 2 aliphatic carbocycles. The zero-order valence-corrected chi connectivity index (χ0v) is 21.4. The van der Waals surface area contributed by atoms with Crippen molar-refractivity contribution in [1.82, 2.24) is 4.90 Å². The molecule has 1 aliphatic heterocycles. The van der Waals surface area contributed by atoms with E-state index in [1.54, 1.807) is 16.7 Å². The Kier molecular flexibility index (Phi) is 6.15. The molecule has 33 heavy (non-hydrogen) atoms. The minimum atomic E-state index is 0.356. The summed E-state index contributed by atoms with van der Waals surface area (Å²) >= 11 is 2.54. The Bertz CT molecular complexity index is 1130. The van der Waals surface area contributed by atoms with Crippen LogP contribution in [-0.2, 0) is 19.3 Å². The van der Waals surface area contributed by atoms with Crippen LogP contribution >= 0.6 is 22.6 Å². The lowest BCUT2D eigenvalue weighted by atomic mass is 9.74. The van der Waals surface area contributed by atoms with Crippen molar-refractivity contribution in [1.29, 1.82) is 0 Å². The average molecular weight is 546 g/mol. The van der Waals surface area contributed by atoms with Crippen LogP contribution in [0.25, 0.3) is 0 Å². The Hall–Kier alpha value is -1.91. The van der Waals surface area contributed by atoms with Crippen molar-refractivity contribution in [2.45, 2.75) is 57.0 Å². The second-order valence-electron chi connectivity index (χ2n) is 9.97. The van der Waals surface area contributed by atoms with Gasteiger partial charge in [-0.2, -0.15) is 0 Å². The number of nitrogens with zero attached hydrogens (tertiary/aromatic N) is 1. The lowest BCUT2D eigenvalue weighted by Crippen LogP contribution is -2.50. The Labute approximate surface area is 212 Å². The Balaban J connectivity index is 1.49. The van der Waals surface area contributed by atoms with Gasteiger partial charge in [0.25, 0.3) is 0 Å². The first kappa shape index (κ1) is 21.6. The van der Waals surface area contributed by atoms with Crippen molar-refractivity contribution in [3.8, 4) is 0 Å². The van der Waals surface area contributed by atoms with E-state index < -0.39 is 0 Å². The van der Waals surface area contributed by atoms with Gasteiger partial charge in [0.05, 0.1) is 6.04 Å². The largest absolute Gasteiger partial charge is 0.288 e. The number of aryl methyl sites for hydroxylation is 2. The molecule has 0 N–H and O–H groups in total. The van der Waals surface area contributed by atoms with Crippen LogP contribution in [-0.4, -0.2) is 17.5 Å². The highest BCUT2D eigenvalue weighted by atomic mass is 127. The van der Waals surface area contributed by atoms with E-state index in [4.69, 9.17) is 0 Å². The van der Waals surface area contributed by atoms with Gasteiger partial charge in [0.1, 0.15) is 0 Å². The standard InChI is InChI=1S/C31H32IN/c32-29-16-8-4-12-25(29)21-30-26-13-5-1-11-24(26)19-20-33(30)31-27-14-6-2-9-22(27)17-18-23-10-3-7-15-28(23)31/h2-4,6-12,14-16,26,30-31H,1,5,13,17-21H2/t26?,30-/m1/s1. The van der Waals surface area contributed by atoms with Gasteiger partial charge >= 0.3 is 0 Å². The molecule has 6 rings (SSSR count). The molecule has 2 atom stereocenters. The number of rotatable bonds is 3. The predicted molar refractivity (Wildman–Crippen MR) is 146 cm³/mol. The van der Waals surface area contributed by atoms with Crippen LogP contribution in [0, 0.1) is 9.49 Å². The number of piperidine rings is 1. The zero-order valence-electron chi connectivity index (χ0n) is 19.2.